The summed E-state index contributed by atoms with van der Waals surface area (Å²) in [6, 6.07) is 9.46. The van der Waals surface area contributed by atoms with Gasteiger partial charge < -0.3 is 0 Å². The molecule has 0 amide bonds. The monoisotopic (exact) mass is 342 g/mol. The van der Waals surface area contributed by atoms with Gasteiger partial charge in [0.15, 0.2) is 0 Å². The molecule has 0 unspecified atom stereocenters. The average molecular weight is 343 g/mol. The van der Waals surface area contributed by atoms with E-state index in [1.165, 1.54) is 23.9 Å². The van der Waals surface area contributed by atoms with Crippen molar-refractivity contribution in [3.05, 3.63) is 63.6 Å². The van der Waals surface area contributed by atoms with E-state index in [1.54, 1.807) is 24.3 Å². The summed E-state index contributed by atoms with van der Waals surface area (Å²) in [5, 5.41) is 0. The van der Waals surface area contributed by atoms with Crippen LogP contribution in [0, 0.1) is 11.6 Å². The fraction of sp³-hybridized carbons (Fsp3) is 0.0714. The van der Waals surface area contributed by atoms with Crippen LogP contribution >= 0.6 is 27.7 Å². The predicted molar refractivity (Wildman–Crippen MR) is 75.4 cm³/mol. The lowest BCUT2D eigenvalue weighted by atomic mass is 10.2. The van der Waals surface area contributed by atoms with Crippen LogP contribution < -0.4 is 0 Å². The van der Waals surface area contributed by atoms with Gasteiger partial charge in [-0.15, -0.1) is 11.8 Å². The maximum absolute atomic E-state index is 13.8. The Morgan fingerprint density at radius 3 is 2.74 bits per heavy atom. The summed E-state index contributed by atoms with van der Waals surface area (Å²) in [6.07, 6.45) is 0.740. The number of carbonyl (C=O) groups excluding carboxylic acids is 1. The molecule has 98 valence electrons. The summed E-state index contributed by atoms with van der Waals surface area (Å²) in [7, 11) is 0. The van der Waals surface area contributed by atoms with Gasteiger partial charge in [0.2, 0.25) is 0 Å². The third-order valence-corrected chi connectivity index (χ3v) is 4.15. The second-order valence-electron chi connectivity index (χ2n) is 3.80. The highest BCUT2D eigenvalue weighted by Crippen LogP contribution is 2.29. The quantitative estimate of drug-likeness (QED) is 0.449. The minimum Gasteiger partial charge on any atom is -0.298 e. The van der Waals surface area contributed by atoms with Crippen LogP contribution in [0.25, 0.3) is 0 Å². The highest BCUT2D eigenvalue weighted by Gasteiger charge is 2.12. The Balaban J connectivity index is 2.18. The smallest absolute Gasteiger partial charge is 0.150 e. The Labute approximate surface area is 122 Å². The second-order valence-corrected chi connectivity index (χ2v) is 5.70. The van der Waals surface area contributed by atoms with Crippen LogP contribution in [0.3, 0.4) is 0 Å². The first kappa shape index (κ1) is 14.2. The molecule has 0 N–H and O–H groups in total. The zero-order valence-corrected chi connectivity index (χ0v) is 12.1. The van der Waals surface area contributed by atoms with Crippen LogP contribution in [0.5, 0.6) is 0 Å². The van der Waals surface area contributed by atoms with Gasteiger partial charge in [0, 0.05) is 21.8 Å². The Morgan fingerprint density at radius 2 is 2.00 bits per heavy atom. The second kappa shape index (κ2) is 6.30. The molecule has 2 aromatic rings. The summed E-state index contributed by atoms with van der Waals surface area (Å²) in [4.78, 5) is 11.4. The van der Waals surface area contributed by atoms with E-state index in [9.17, 15) is 13.6 Å². The maximum atomic E-state index is 13.8. The Bertz CT molecular complexity index is 616. The van der Waals surface area contributed by atoms with Crippen molar-refractivity contribution in [2.75, 3.05) is 0 Å². The summed E-state index contributed by atoms with van der Waals surface area (Å²) >= 11 is 4.31. The first-order valence-electron chi connectivity index (χ1n) is 5.42. The highest BCUT2D eigenvalue weighted by atomic mass is 79.9. The minimum atomic E-state index is -0.584. The van der Waals surface area contributed by atoms with E-state index in [1.807, 2.05) is 0 Å². The number of benzene rings is 2. The largest absolute Gasteiger partial charge is 0.298 e. The molecular formula is C14H9BrF2OS. The number of rotatable bonds is 4. The van der Waals surface area contributed by atoms with E-state index >= 15 is 0 Å². The Morgan fingerprint density at radius 1 is 1.21 bits per heavy atom. The van der Waals surface area contributed by atoms with Crippen molar-refractivity contribution in [3.63, 3.8) is 0 Å². The minimum absolute atomic E-state index is 0.0240. The molecule has 0 saturated carbocycles. The van der Waals surface area contributed by atoms with Crippen molar-refractivity contribution in [1.82, 2.24) is 0 Å². The van der Waals surface area contributed by atoms with Crippen LogP contribution in [-0.2, 0) is 5.75 Å². The van der Waals surface area contributed by atoms with Crippen molar-refractivity contribution in [1.29, 1.82) is 0 Å². The van der Waals surface area contributed by atoms with Crippen molar-refractivity contribution < 1.29 is 13.6 Å². The third-order valence-electron chi connectivity index (χ3n) is 2.52. The van der Waals surface area contributed by atoms with Crippen molar-refractivity contribution >= 4 is 34.0 Å². The van der Waals surface area contributed by atoms with Crippen LogP contribution in [0.15, 0.2) is 45.8 Å². The molecule has 2 rings (SSSR count). The Kier molecular flexibility index (Phi) is 4.71. The fourth-order valence-corrected chi connectivity index (χ4v) is 2.88. The molecule has 0 heterocycles. The summed E-state index contributed by atoms with van der Waals surface area (Å²) in [5.41, 5.74) is 0.566. The summed E-state index contributed by atoms with van der Waals surface area (Å²) < 4.78 is 27.5. The SMILES string of the molecule is O=Cc1cccc(SCc2c(F)ccc(Br)c2F)c1. The molecule has 0 saturated heterocycles. The average Bonchev–Trinajstić information content (AvgIpc) is 2.43. The van der Waals surface area contributed by atoms with Crippen molar-refractivity contribution in [2.24, 2.45) is 0 Å². The topological polar surface area (TPSA) is 17.1 Å². The van der Waals surface area contributed by atoms with Crippen LogP contribution in [0.4, 0.5) is 8.78 Å². The van der Waals surface area contributed by atoms with Crippen molar-refractivity contribution in [2.45, 2.75) is 10.6 Å². The molecule has 0 atom stereocenters. The van der Waals surface area contributed by atoms with Crippen LogP contribution in [0.2, 0.25) is 0 Å². The van der Waals surface area contributed by atoms with Gasteiger partial charge in [0.25, 0.3) is 0 Å². The van der Waals surface area contributed by atoms with Gasteiger partial charge in [0.05, 0.1) is 4.47 Å². The van der Waals surface area contributed by atoms with E-state index in [4.69, 9.17) is 0 Å². The maximum Gasteiger partial charge on any atom is 0.150 e. The molecular weight excluding hydrogens is 334 g/mol. The van der Waals surface area contributed by atoms with Gasteiger partial charge >= 0.3 is 0 Å². The summed E-state index contributed by atoms with van der Waals surface area (Å²) in [5.74, 6) is -0.988. The van der Waals surface area contributed by atoms with Gasteiger partial charge in [-0.2, -0.15) is 0 Å². The van der Waals surface area contributed by atoms with Gasteiger partial charge in [0.1, 0.15) is 17.9 Å². The first-order chi connectivity index (χ1) is 9.11. The lowest BCUT2D eigenvalue weighted by Crippen LogP contribution is -1.94. The van der Waals surface area contributed by atoms with Gasteiger partial charge in [-0.3, -0.25) is 4.79 Å². The first-order valence-corrected chi connectivity index (χ1v) is 7.20. The number of aldehydes is 1. The number of hydrogen-bond donors (Lipinski definition) is 0. The van der Waals surface area contributed by atoms with E-state index in [0.717, 1.165) is 11.2 Å². The predicted octanol–water partition coefficient (Wildman–Crippen LogP) is 4.83. The number of hydrogen-bond acceptors (Lipinski definition) is 2. The number of thioether (sulfide) groups is 1. The Hall–Kier alpha value is -1.20. The number of carbonyl (C=O) groups is 1. The molecule has 19 heavy (non-hydrogen) atoms. The highest BCUT2D eigenvalue weighted by molar-refractivity contribution is 9.10. The molecule has 0 aromatic heterocycles. The van der Waals surface area contributed by atoms with E-state index in [-0.39, 0.29) is 15.8 Å². The lowest BCUT2D eigenvalue weighted by Gasteiger charge is -2.06. The molecule has 0 radical (unpaired) electrons. The third kappa shape index (κ3) is 3.42. The zero-order valence-electron chi connectivity index (χ0n) is 9.70. The molecule has 0 aliphatic carbocycles. The molecule has 0 spiro atoms. The molecule has 5 heteroatoms. The van der Waals surface area contributed by atoms with Gasteiger partial charge in [-0.05, 0) is 40.2 Å². The molecule has 0 fully saturated rings. The number of halogens is 3. The molecule has 1 nitrogen and oxygen atoms in total. The van der Waals surface area contributed by atoms with E-state index in [0.29, 0.717) is 5.56 Å². The molecule has 0 bridgehead atoms. The zero-order chi connectivity index (χ0) is 13.8. The lowest BCUT2D eigenvalue weighted by molar-refractivity contribution is 0.112. The fourth-order valence-electron chi connectivity index (χ4n) is 1.53. The molecule has 0 aliphatic heterocycles. The molecule has 2 aromatic carbocycles. The van der Waals surface area contributed by atoms with Gasteiger partial charge in [-0.25, -0.2) is 8.78 Å². The standard InChI is InChI=1S/C14H9BrF2OS/c15-12-4-5-13(16)11(14(12)17)8-19-10-3-1-2-9(6-10)7-18/h1-7H,8H2. The van der Waals surface area contributed by atoms with Crippen LogP contribution in [-0.4, -0.2) is 6.29 Å². The van der Waals surface area contributed by atoms with Gasteiger partial charge in [-0.1, -0.05) is 12.1 Å². The van der Waals surface area contributed by atoms with E-state index < -0.39 is 11.6 Å². The van der Waals surface area contributed by atoms with E-state index in [2.05, 4.69) is 15.9 Å². The normalized spacial score (nSPS) is 10.5. The molecule has 0 aliphatic rings. The van der Waals surface area contributed by atoms with Crippen molar-refractivity contribution in [3.8, 4) is 0 Å². The van der Waals surface area contributed by atoms with Crippen LogP contribution in [0.1, 0.15) is 15.9 Å². The summed E-state index contributed by atoms with van der Waals surface area (Å²) in [6.45, 7) is 0.